The van der Waals surface area contributed by atoms with Gasteiger partial charge in [0.25, 0.3) is 5.56 Å². The number of benzene rings is 1. The van der Waals surface area contributed by atoms with Gasteiger partial charge in [0.05, 0.1) is 5.52 Å². The second kappa shape index (κ2) is 2.92. The second-order valence-corrected chi connectivity index (χ2v) is 3.47. The largest absolute Gasteiger partial charge is 0.268 e. The number of H-pyrrole nitrogens is 1. The van der Waals surface area contributed by atoms with Gasteiger partial charge in [0.1, 0.15) is 5.82 Å². The van der Waals surface area contributed by atoms with Crippen LogP contribution in [0.3, 0.4) is 0 Å². The lowest BCUT2D eigenvalue weighted by Gasteiger charge is -1.97. The molecule has 0 amide bonds. The summed E-state index contributed by atoms with van der Waals surface area (Å²) in [6.45, 7) is 0. The predicted molar refractivity (Wildman–Crippen MR) is 50.0 cm³/mol. The summed E-state index contributed by atoms with van der Waals surface area (Å²) in [6, 6.07) is 4.11. The van der Waals surface area contributed by atoms with Gasteiger partial charge in [-0.3, -0.25) is 4.79 Å². The highest BCUT2D eigenvalue weighted by Gasteiger charge is 2.03. The molecule has 1 heterocycles. The van der Waals surface area contributed by atoms with Crippen LogP contribution in [0, 0.1) is 5.82 Å². The van der Waals surface area contributed by atoms with Crippen molar-refractivity contribution in [2.24, 2.45) is 0 Å². The fourth-order valence-electron chi connectivity index (χ4n) is 1.09. The van der Waals surface area contributed by atoms with Gasteiger partial charge in [-0.2, -0.15) is 5.10 Å². The molecule has 0 aliphatic heterocycles. The fraction of sp³-hybridized carbons (Fsp3) is 0. The Labute approximate surface area is 80.7 Å². The molecule has 0 unspecified atom stereocenters. The lowest BCUT2D eigenvalue weighted by atomic mass is 10.2. The number of aromatic amines is 1. The minimum Gasteiger partial charge on any atom is -0.268 e. The van der Waals surface area contributed by atoms with Crippen molar-refractivity contribution in [3.63, 3.8) is 0 Å². The molecule has 0 bridgehead atoms. The van der Waals surface area contributed by atoms with E-state index in [1.807, 2.05) is 0 Å². The lowest BCUT2D eigenvalue weighted by Crippen LogP contribution is -2.06. The maximum atomic E-state index is 13.2. The molecule has 0 atom stereocenters. The van der Waals surface area contributed by atoms with E-state index in [9.17, 15) is 9.18 Å². The molecule has 3 nitrogen and oxygen atoms in total. The Morgan fingerprint density at radius 2 is 2.15 bits per heavy atom. The van der Waals surface area contributed by atoms with Gasteiger partial charge >= 0.3 is 0 Å². The van der Waals surface area contributed by atoms with Crippen molar-refractivity contribution in [2.45, 2.75) is 0 Å². The van der Waals surface area contributed by atoms with Crippen LogP contribution in [0.25, 0.3) is 10.9 Å². The quantitative estimate of drug-likeness (QED) is 0.767. The molecular formula is C8H4BrFN2O. The molecular weight excluding hydrogens is 239 g/mol. The van der Waals surface area contributed by atoms with E-state index in [0.29, 0.717) is 9.99 Å². The Balaban J connectivity index is 2.95. The van der Waals surface area contributed by atoms with E-state index in [1.165, 1.54) is 12.1 Å². The SMILES string of the molecule is O=c1cc2c(F)cc(Br)cc2n[nH]1. The highest BCUT2D eigenvalue weighted by atomic mass is 79.9. The van der Waals surface area contributed by atoms with Crippen molar-refractivity contribution < 1.29 is 4.39 Å². The Hall–Kier alpha value is -1.23. The van der Waals surface area contributed by atoms with Crippen LogP contribution in [0.5, 0.6) is 0 Å². The number of nitrogens with zero attached hydrogens (tertiary/aromatic N) is 1. The molecule has 0 saturated heterocycles. The van der Waals surface area contributed by atoms with Gasteiger partial charge in [-0.15, -0.1) is 0 Å². The minimum atomic E-state index is -0.456. The van der Waals surface area contributed by atoms with Gasteiger partial charge in [0.15, 0.2) is 0 Å². The van der Waals surface area contributed by atoms with Gasteiger partial charge in [-0.05, 0) is 12.1 Å². The van der Waals surface area contributed by atoms with Crippen LogP contribution in [0.15, 0.2) is 27.5 Å². The summed E-state index contributed by atoms with van der Waals surface area (Å²) in [6.07, 6.45) is 0. The van der Waals surface area contributed by atoms with Crippen LogP contribution in [0.4, 0.5) is 4.39 Å². The zero-order chi connectivity index (χ0) is 9.42. The molecule has 0 aliphatic rings. The average Bonchev–Trinajstić information content (AvgIpc) is 2.06. The smallest absolute Gasteiger partial charge is 0.264 e. The summed E-state index contributed by atoms with van der Waals surface area (Å²) >= 11 is 3.13. The third-order valence-corrected chi connectivity index (χ3v) is 2.09. The van der Waals surface area contributed by atoms with Crippen LogP contribution in [-0.2, 0) is 0 Å². The van der Waals surface area contributed by atoms with Gasteiger partial charge < -0.3 is 0 Å². The number of hydrogen-bond donors (Lipinski definition) is 1. The third kappa shape index (κ3) is 1.47. The number of aromatic nitrogens is 2. The van der Waals surface area contributed by atoms with Gasteiger partial charge in [0, 0.05) is 15.9 Å². The molecule has 5 heteroatoms. The summed E-state index contributed by atoms with van der Waals surface area (Å²) in [4.78, 5) is 10.8. The normalized spacial score (nSPS) is 10.6. The monoisotopic (exact) mass is 242 g/mol. The zero-order valence-electron chi connectivity index (χ0n) is 6.34. The molecule has 0 spiro atoms. The first-order valence-corrected chi connectivity index (χ1v) is 4.30. The van der Waals surface area contributed by atoms with Crippen molar-refractivity contribution in [1.82, 2.24) is 10.2 Å². The Kier molecular flexibility index (Phi) is 1.88. The highest BCUT2D eigenvalue weighted by Crippen LogP contribution is 2.19. The molecule has 66 valence electrons. The Morgan fingerprint density at radius 3 is 2.92 bits per heavy atom. The summed E-state index contributed by atoms with van der Waals surface area (Å²) in [5.41, 5.74) is 0.0141. The van der Waals surface area contributed by atoms with E-state index in [4.69, 9.17) is 0 Å². The van der Waals surface area contributed by atoms with Crippen molar-refractivity contribution in [2.75, 3.05) is 0 Å². The first-order chi connectivity index (χ1) is 6.16. The molecule has 0 saturated carbocycles. The lowest BCUT2D eigenvalue weighted by molar-refractivity contribution is 0.638. The first-order valence-electron chi connectivity index (χ1n) is 3.51. The predicted octanol–water partition coefficient (Wildman–Crippen LogP) is 1.82. The fourth-order valence-corrected chi connectivity index (χ4v) is 1.50. The van der Waals surface area contributed by atoms with Crippen molar-refractivity contribution in [3.05, 3.63) is 38.8 Å². The van der Waals surface area contributed by atoms with E-state index in [2.05, 4.69) is 26.1 Å². The minimum absolute atomic E-state index is 0.229. The number of nitrogens with one attached hydrogen (secondary N) is 1. The van der Waals surface area contributed by atoms with Crippen LogP contribution < -0.4 is 5.56 Å². The van der Waals surface area contributed by atoms with E-state index in [0.717, 1.165) is 0 Å². The highest BCUT2D eigenvalue weighted by molar-refractivity contribution is 9.10. The molecule has 1 aromatic heterocycles. The van der Waals surface area contributed by atoms with Crippen molar-refractivity contribution in [3.8, 4) is 0 Å². The zero-order valence-corrected chi connectivity index (χ0v) is 7.93. The molecule has 0 fully saturated rings. The third-order valence-electron chi connectivity index (χ3n) is 1.63. The molecule has 1 N–H and O–H groups in total. The standard InChI is InChI=1S/C8H4BrFN2O/c9-4-1-6(10)5-3-8(13)12-11-7(5)2-4/h1-3H,(H,12,13). The van der Waals surface area contributed by atoms with Crippen LogP contribution in [0.1, 0.15) is 0 Å². The van der Waals surface area contributed by atoms with Gasteiger partial charge in [-0.1, -0.05) is 15.9 Å². The van der Waals surface area contributed by atoms with Crippen LogP contribution in [0.2, 0.25) is 0 Å². The van der Waals surface area contributed by atoms with Gasteiger partial charge in [-0.25, -0.2) is 9.49 Å². The van der Waals surface area contributed by atoms with Gasteiger partial charge in [0.2, 0.25) is 0 Å². The summed E-state index contributed by atoms with van der Waals surface area (Å²) in [5.74, 6) is -0.456. The van der Waals surface area contributed by atoms with E-state index in [-0.39, 0.29) is 5.39 Å². The Morgan fingerprint density at radius 1 is 1.38 bits per heavy atom. The molecule has 2 aromatic rings. The number of rotatable bonds is 0. The number of fused-ring (bicyclic) bond motifs is 1. The summed E-state index contributed by atoms with van der Waals surface area (Å²) < 4.78 is 13.8. The molecule has 0 aliphatic carbocycles. The summed E-state index contributed by atoms with van der Waals surface area (Å²) in [7, 11) is 0. The number of hydrogen-bond acceptors (Lipinski definition) is 2. The first kappa shape index (κ1) is 8.37. The molecule has 1 aromatic carbocycles. The summed E-state index contributed by atoms with van der Waals surface area (Å²) in [5, 5.41) is 6.16. The van der Waals surface area contributed by atoms with Crippen molar-refractivity contribution >= 4 is 26.8 Å². The van der Waals surface area contributed by atoms with Crippen LogP contribution in [-0.4, -0.2) is 10.2 Å². The van der Waals surface area contributed by atoms with E-state index < -0.39 is 11.4 Å². The topological polar surface area (TPSA) is 45.8 Å². The maximum Gasteiger partial charge on any atom is 0.264 e. The van der Waals surface area contributed by atoms with Crippen molar-refractivity contribution in [1.29, 1.82) is 0 Å². The average molecular weight is 243 g/mol. The molecule has 2 rings (SSSR count). The van der Waals surface area contributed by atoms with Crippen LogP contribution >= 0.6 is 15.9 Å². The van der Waals surface area contributed by atoms with E-state index >= 15 is 0 Å². The Bertz CT molecular complexity index is 523. The maximum absolute atomic E-state index is 13.2. The molecule has 0 radical (unpaired) electrons. The van der Waals surface area contributed by atoms with E-state index in [1.54, 1.807) is 6.07 Å². The second-order valence-electron chi connectivity index (χ2n) is 2.55. The molecule has 13 heavy (non-hydrogen) atoms. The number of halogens is 2.